The van der Waals surface area contributed by atoms with Crippen molar-refractivity contribution in [1.29, 1.82) is 0 Å². The van der Waals surface area contributed by atoms with E-state index < -0.39 is 5.97 Å². The number of hydrogen-bond donors (Lipinski definition) is 1. The molecule has 0 aliphatic carbocycles. The van der Waals surface area contributed by atoms with Crippen LogP contribution in [0.4, 0.5) is 0 Å². The van der Waals surface area contributed by atoms with Crippen LogP contribution in [0.1, 0.15) is 35.1 Å². The molecule has 1 atom stereocenters. The first-order valence-electron chi connectivity index (χ1n) is 6.07. The average Bonchev–Trinajstić information content (AvgIpc) is 2.93. The third-order valence-corrected chi connectivity index (χ3v) is 3.63. The van der Waals surface area contributed by atoms with Gasteiger partial charge >= 0.3 is 5.97 Å². The summed E-state index contributed by atoms with van der Waals surface area (Å²) < 4.78 is 1.99. The van der Waals surface area contributed by atoms with Crippen LogP contribution in [-0.2, 0) is 0 Å². The normalized spacial score (nSPS) is 20.6. The molecule has 1 aliphatic rings. The van der Waals surface area contributed by atoms with Gasteiger partial charge in [0.25, 0.3) is 0 Å². The van der Waals surface area contributed by atoms with Crippen molar-refractivity contribution in [3.8, 4) is 0 Å². The first-order valence-corrected chi connectivity index (χ1v) is 6.07. The summed E-state index contributed by atoms with van der Waals surface area (Å²) in [6.07, 6.45) is 5.83. The lowest BCUT2D eigenvalue weighted by atomic mass is 10.2. The van der Waals surface area contributed by atoms with Gasteiger partial charge in [-0.15, -0.1) is 0 Å². The number of carboxylic acid groups (broad SMARTS) is 1. The lowest BCUT2D eigenvalue weighted by Gasteiger charge is -2.18. The van der Waals surface area contributed by atoms with Crippen LogP contribution in [-0.4, -0.2) is 39.0 Å². The minimum Gasteiger partial charge on any atom is -0.478 e. The van der Waals surface area contributed by atoms with Gasteiger partial charge < -0.3 is 9.51 Å². The van der Waals surface area contributed by atoms with Gasteiger partial charge in [0.2, 0.25) is 0 Å². The summed E-state index contributed by atoms with van der Waals surface area (Å²) in [5, 5.41) is 8.97. The van der Waals surface area contributed by atoms with Gasteiger partial charge in [-0.3, -0.25) is 4.90 Å². The van der Waals surface area contributed by atoms with Crippen LogP contribution in [0, 0.1) is 0 Å². The van der Waals surface area contributed by atoms with Crippen LogP contribution < -0.4 is 0 Å². The Morgan fingerprint density at radius 2 is 2.39 bits per heavy atom. The minimum absolute atomic E-state index is 0.300. The number of hydrogen-bond acceptors (Lipinski definition) is 3. The number of likely N-dealkylation sites (tertiary alicyclic amines) is 1. The fourth-order valence-corrected chi connectivity index (χ4v) is 2.64. The molecule has 18 heavy (non-hydrogen) atoms. The largest absolute Gasteiger partial charge is 0.478 e. The quantitative estimate of drug-likeness (QED) is 0.876. The number of carbonyl (C=O) groups is 1. The summed E-state index contributed by atoms with van der Waals surface area (Å²) in [4.78, 5) is 17.7. The van der Waals surface area contributed by atoms with Crippen LogP contribution in [0.15, 0.2) is 24.5 Å². The van der Waals surface area contributed by atoms with Gasteiger partial charge in [0.1, 0.15) is 5.82 Å². The van der Waals surface area contributed by atoms with Crippen molar-refractivity contribution < 1.29 is 9.90 Å². The van der Waals surface area contributed by atoms with Crippen molar-refractivity contribution in [3.05, 3.63) is 35.9 Å². The van der Waals surface area contributed by atoms with E-state index in [1.54, 1.807) is 24.5 Å². The maximum atomic E-state index is 10.9. The molecular weight excluding hydrogens is 230 g/mol. The molecule has 0 aromatic carbocycles. The molecule has 3 heterocycles. The molecule has 1 N–H and O–H groups in total. The van der Waals surface area contributed by atoms with Crippen LogP contribution >= 0.6 is 0 Å². The Kier molecular flexibility index (Phi) is 2.56. The highest BCUT2D eigenvalue weighted by molar-refractivity contribution is 5.88. The lowest BCUT2D eigenvalue weighted by molar-refractivity contribution is 0.0697. The molecule has 3 rings (SSSR count). The van der Waals surface area contributed by atoms with Crippen molar-refractivity contribution in [2.45, 2.75) is 18.9 Å². The molecule has 0 radical (unpaired) electrons. The first-order chi connectivity index (χ1) is 8.66. The molecule has 1 unspecified atom stereocenters. The smallest absolute Gasteiger partial charge is 0.335 e. The van der Waals surface area contributed by atoms with Gasteiger partial charge in [-0.1, -0.05) is 0 Å². The Morgan fingerprint density at radius 3 is 3.06 bits per heavy atom. The summed E-state index contributed by atoms with van der Waals surface area (Å²) in [7, 11) is 2.10. The predicted octanol–water partition coefficient (Wildman–Crippen LogP) is 1.80. The van der Waals surface area contributed by atoms with E-state index in [9.17, 15) is 4.79 Å². The zero-order chi connectivity index (χ0) is 12.7. The fraction of sp³-hybridized carbons (Fsp3) is 0.385. The van der Waals surface area contributed by atoms with Crippen molar-refractivity contribution >= 4 is 11.5 Å². The second-order valence-electron chi connectivity index (χ2n) is 4.77. The molecule has 2 aromatic heterocycles. The van der Waals surface area contributed by atoms with E-state index in [1.165, 1.54) is 6.42 Å². The van der Waals surface area contributed by atoms with E-state index in [0.29, 0.717) is 11.6 Å². The Morgan fingerprint density at radius 1 is 1.56 bits per heavy atom. The van der Waals surface area contributed by atoms with E-state index in [2.05, 4.69) is 16.9 Å². The predicted molar refractivity (Wildman–Crippen MR) is 66.8 cm³/mol. The molecule has 1 saturated heterocycles. The van der Waals surface area contributed by atoms with E-state index in [-0.39, 0.29) is 0 Å². The number of rotatable bonds is 2. The van der Waals surface area contributed by atoms with Crippen molar-refractivity contribution in [3.63, 3.8) is 0 Å². The third kappa shape index (κ3) is 1.67. The highest BCUT2D eigenvalue weighted by Gasteiger charge is 2.26. The van der Waals surface area contributed by atoms with Gasteiger partial charge in [0, 0.05) is 6.20 Å². The Hall–Kier alpha value is -1.88. The summed E-state index contributed by atoms with van der Waals surface area (Å²) in [5.74, 6) is 0.0974. The van der Waals surface area contributed by atoms with E-state index in [1.807, 2.05) is 4.40 Å². The monoisotopic (exact) mass is 245 g/mol. The second-order valence-corrected chi connectivity index (χ2v) is 4.77. The molecule has 1 aliphatic heterocycles. The topological polar surface area (TPSA) is 57.8 Å². The van der Waals surface area contributed by atoms with E-state index >= 15 is 0 Å². The standard InChI is InChI=1S/C13H15N3O2/c1-15-5-2-3-11(15)12-14-8-10-7-9(13(17)18)4-6-16(10)12/h4,6-8,11H,2-3,5H2,1H3,(H,17,18). The van der Waals surface area contributed by atoms with Crippen LogP contribution in [0.5, 0.6) is 0 Å². The highest BCUT2D eigenvalue weighted by Crippen LogP contribution is 2.29. The zero-order valence-corrected chi connectivity index (χ0v) is 10.2. The Bertz CT molecular complexity index is 605. The highest BCUT2D eigenvalue weighted by atomic mass is 16.4. The van der Waals surface area contributed by atoms with Gasteiger partial charge in [0.05, 0.1) is 23.3 Å². The number of imidazole rings is 1. The van der Waals surface area contributed by atoms with Crippen LogP contribution in [0.2, 0.25) is 0 Å². The number of fused-ring (bicyclic) bond motifs is 1. The molecule has 2 aromatic rings. The van der Waals surface area contributed by atoms with Gasteiger partial charge in [0.15, 0.2) is 0 Å². The van der Waals surface area contributed by atoms with Crippen molar-refractivity contribution in [1.82, 2.24) is 14.3 Å². The first kappa shape index (κ1) is 11.2. The fourth-order valence-electron chi connectivity index (χ4n) is 2.64. The SMILES string of the molecule is CN1CCCC1c1ncc2cc(C(=O)O)ccn12. The number of nitrogens with zero attached hydrogens (tertiary/aromatic N) is 3. The van der Waals surface area contributed by atoms with Crippen LogP contribution in [0.3, 0.4) is 0 Å². The second kappa shape index (κ2) is 4.10. The van der Waals surface area contributed by atoms with Crippen molar-refractivity contribution in [2.24, 2.45) is 0 Å². The molecular formula is C13H15N3O2. The van der Waals surface area contributed by atoms with E-state index in [4.69, 9.17) is 5.11 Å². The van der Waals surface area contributed by atoms with Gasteiger partial charge in [-0.2, -0.15) is 0 Å². The molecule has 5 heteroatoms. The van der Waals surface area contributed by atoms with Crippen LogP contribution in [0.25, 0.3) is 5.52 Å². The maximum absolute atomic E-state index is 10.9. The molecule has 1 fully saturated rings. The minimum atomic E-state index is -0.904. The lowest BCUT2D eigenvalue weighted by Crippen LogP contribution is -2.19. The number of aromatic carboxylic acids is 1. The van der Waals surface area contributed by atoms with Gasteiger partial charge in [-0.05, 0) is 38.6 Å². The molecule has 0 bridgehead atoms. The summed E-state index contributed by atoms with van der Waals surface area (Å²) in [6, 6.07) is 3.62. The zero-order valence-electron chi connectivity index (χ0n) is 10.2. The molecule has 5 nitrogen and oxygen atoms in total. The third-order valence-electron chi connectivity index (χ3n) is 3.63. The summed E-state index contributed by atoms with van der Waals surface area (Å²) in [5.41, 5.74) is 1.14. The average molecular weight is 245 g/mol. The Labute approximate surface area is 105 Å². The number of pyridine rings is 1. The van der Waals surface area contributed by atoms with Gasteiger partial charge in [-0.25, -0.2) is 9.78 Å². The Balaban J connectivity index is 2.07. The summed E-state index contributed by atoms with van der Waals surface area (Å²) >= 11 is 0. The maximum Gasteiger partial charge on any atom is 0.335 e. The van der Waals surface area contributed by atoms with Crippen molar-refractivity contribution in [2.75, 3.05) is 13.6 Å². The molecule has 0 saturated carbocycles. The molecule has 0 spiro atoms. The van der Waals surface area contributed by atoms with E-state index in [0.717, 1.165) is 24.3 Å². The number of aromatic nitrogens is 2. The number of carboxylic acids is 1. The molecule has 94 valence electrons. The summed E-state index contributed by atoms with van der Waals surface area (Å²) in [6.45, 7) is 1.09. The molecule has 0 amide bonds.